The average Bonchev–Trinajstić information content (AvgIpc) is 2.56. The standard InChI is InChI=1S/C15H27N3O2/c1-12(17-14(19)20-15(2,3)4)13(11-16)18-9-7-5-6-8-10-18/h12-13H,5-10H2,1-4H3,(H,17,19). The lowest BCUT2D eigenvalue weighted by molar-refractivity contribution is 0.0484. The zero-order valence-electron chi connectivity index (χ0n) is 13.1. The van der Waals surface area contributed by atoms with Crippen LogP contribution < -0.4 is 5.32 Å². The van der Waals surface area contributed by atoms with Gasteiger partial charge in [0.15, 0.2) is 0 Å². The number of alkyl carbamates (subject to hydrolysis) is 1. The van der Waals surface area contributed by atoms with Crippen LogP contribution in [0.2, 0.25) is 0 Å². The molecule has 2 atom stereocenters. The Balaban J connectivity index is 2.56. The van der Waals surface area contributed by atoms with Crippen molar-refractivity contribution in [3.8, 4) is 6.07 Å². The second-order valence-electron chi connectivity index (χ2n) is 6.46. The minimum absolute atomic E-state index is 0.243. The summed E-state index contributed by atoms with van der Waals surface area (Å²) in [6, 6.07) is 1.79. The van der Waals surface area contributed by atoms with Crippen LogP contribution in [0.4, 0.5) is 4.79 Å². The molecule has 20 heavy (non-hydrogen) atoms. The van der Waals surface area contributed by atoms with Crippen molar-refractivity contribution in [1.82, 2.24) is 10.2 Å². The van der Waals surface area contributed by atoms with E-state index in [-0.39, 0.29) is 12.1 Å². The average molecular weight is 281 g/mol. The van der Waals surface area contributed by atoms with Gasteiger partial charge in [-0.15, -0.1) is 0 Å². The maximum absolute atomic E-state index is 11.8. The number of nitrogens with zero attached hydrogens (tertiary/aromatic N) is 2. The van der Waals surface area contributed by atoms with E-state index in [2.05, 4.69) is 16.3 Å². The van der Waals surface area contributed by atoms with Crippen LogP contribution in [0.25, 0.3) is 0 Å². The molecular formula is C15H27N3O2. The fourth-order valence-corrected chi connectivity index (χ4v) is 2.46. The molecule has 114 valence electrons. The van der Waals surface area contributed by atoms with Gasteiger partial charge < -0.3 is 10.1 Å². The molecule has 1 rings (SSSR count). The first kappa shape index (κ1) is 16.8. The summed E-state index contributed by atoms with van der Waals surface area (Å²) in [7, 11) is 0. The fourth-order valence-electron chi connectivity index (χ4n) is 2.46. The largest absolute Gasteiger partial charge is 0.444 e. The Labute approximate surface area is 122 Å². The van der Waals surface area contributed by atoms with Gasteiger partial charge in [-0.3, -0.25) is 4.90 Å². The zero-order valence-corrected chi connectivity index (χ0v) is 13.1. The Bertz CT molecular complexity index is 349. The van der Waals surface area contributed by atoms with Crippen LogP contribution in [-0.2, 0) is 4.74 Å². The Kier molecular flexibility index (Phi) is 6.28. The van der Waals surface area contributed by atoms with Crippen molar-refractivity contribution in [1.29, 1.82) is 5.26 Å². The minimum atomic E-state index is -0.519. The fraction of sp³-hybridized carbons (Fsp3) is 0.867. The molecule has 0 aromatic rings. The number of likely N-dealkylation sites (tertiary alicyclic amines) is 1. The molecule has 5 heteroatoms. The highest BCUT2D eigenvalue weighted by atomic mass is 16.6. The van der Waals surface area contributed by atoms with Gasteiger partial charge in [-0.25, -0.2) is 4.79 Å². The second kappa shape index (κ2) is 7.49. The molecule has 0 spiro atoms. The molecule has 1 aliphatic rings. The molecule has 0 radical (unpaired) electrons. The van der Waals surface area contributed by atoms with Crippen LogP contribution in [0.1, 0.15) is 53.4 Å². The summed E-state index contributed by atoms with van der Waals surface area (Å²) in [4.78, 5) is 14.0. The van der Waals surface area contributed by atoms with Gasteiger partial charge in [0.05, 0.1) is 12.1 Å². The third kappa shape index (κ3) is 5.79. The smallest absolute Gasteiger partial charge is 0.407 e. The van der Waals surface area contributed by atoms with E-state index in [0.29, 0.717) is 0 Å². The summed E-state index contributed by atoms with van der Waals surface area (Å²) in [5.74, 6) is 0. The van der Waals surface area contributed by atoms with Crippen molar-refractivity contribution < 1.29 is 9.53 Å². The van der Waals surface area contributed by atoms with E-state index in [1.165, 1.54) is 12.8 Å². The highest BCUT2D eigenvalue weighted by molar-refractivity contribution is 5.68. The molecule has 0 aromatic carbocycles. The molecule has 1 fully saturated rings. The van der Waals surface area contributed by atoms with Crippen molar-refractivity contribution in [2.75, 3.05) is 13.1 Å². The summed E-state index contributed by atoms with van der Waals surface area (Å²) in [6.45, 7) is 9.20. The number of carbonyl (C=O) groups excluding carboxylic acids is 1. The molecule has 2 unspecified atom stereocenters. The van der Waals surface area contributed by atoms with Crippen molar-refractivity contribution >= 4 is 6.09 Å². The molecule has 1 N–H and O–H groups in total. The highest BCUT2D eigenvalue weighted by Crippen LogP contribution is 2.15. The van der Waals surface area contributed by atoms with E-state index in [9.17, 15) is 10.1 Å². The lowest BCUT2D eigenvalue weighted by Gasteiger charge is -2.30. The Hall–Kier alpha value is -1.28. The second-order valence-corrected chi connectivity index (χ2v) is 6.46. The van der Waals surface area contributed by atoms with Gasteiger partial charge in [0.2, 0.25) is 0 Å². The van der Waals surface area contributed by atoms with Gasteiger partial charge >= 0.3 is 6.09 Å². The van der Waals surface area contributed by atoms with Crippen LogP contribution in [0.5, 0.6) is 0 Å². The molecule has 1 saturated heterocycles. The van der Waals surface area contributed by atoms with Crippen LogP contribution in [0.15, 0.2) is 0 Å². The first-order valence-corrected chi connectivity index (χ1v) is 7.46. The number of rotatable bonds is 3. The number of ether oxygens (including phenoxy) is 1. The van der Waals surface area contributed by atoms with Gasteiger partial charge in [-0.1, -0.05) is 12.8 Å². The van der Waals surface area contributed by atoms with Crippen LogP contribution in [-0.4, -0.2) is 41.8 Å². The molecule has 0 aliphatic carbocycles. The van der Waals surface area contributed by atoms with Gasteiger partial charge in [-0.2, -0.15) is 5.26 Å². The number of nitriles is 1. The molecule has 5 nitrogen and oxygen atoms in total. The number of hydrogen-bond acceptors (Lipinski definition) is 4. The predicted molar refractivity (Wildman–Crippen MR) is 78.3 cm³/mol. The third-order valence-electron chi connectivity index (χ3n) is 3.38. The molecule has 1 aliphatic heterocycles. The van der Waals surface area contributed by atoms with Gasteiger partial charge in [0.25, 0.3) is 0 Å². The van der Waals surface area contributed by atoms with E-state index in [1.807, 2.05) is 27.7 Å². The monoisotopic (exact) mass is 281 g/mol. The van der Waals surface area contributed by atoms with Crippen molar-refractivity contribution in [3.05, 3.63) is 0 Å². The number of amides is 1. The van der Waals surface area contributed by atoms with Crippen LogP contribution in [0, 0.1) is 11.3 Å². The first-order valence-electron chi connectivity index (χ1n) is 7.46. The number of nitrogens with one attached hydrogen (secondary N) is 1. The van der Waals surface area contributed by atoms with E-state index in [0.717, 1.165) is 25.9 Å². The quantitative estimate of drug-likeness (QED) is 0.863. The SMILES string of the molecule is CC(NC(=O)OC(C)(C)C)C(C#N)N1CCCCCC1. The number of hydrogen-bond donors (Lipinski definition) is 1. The Morgan fingerprint density at radius 1 is 1.25 bits per heavy atom. The van der Waals surface area contributed by atoms with Crippen molar-refractivity contribution in [3.63, 3.8) is 0 Å². The molecule has 1 heterocycles. The maximum Gasteiger partial charge on any atom is 0.407 e. The van der Waals surface area contributed by atoms with Crippen LogP contribution in [0.3, 0.4) is 0 Å². The summed E-state index contributed by atoms with van der Waals surface area (Å²) < 4.78 is 5.24. The molecule has 0 saturated carbocycles. The predicted octanol–water partition coefficient (Wildman–Crippen LogP) is 2.67. The molecule has 0 bridgehead atoms. The van der Waals surface area contributed by atoms with Crippen molar-refractivity contribution in [2.24, 2.45) is 0 Å². The Morgan fingerprint density at radius 2 is 1.80 bits per heavy atom. The summed E-state index contributed by atoms with van der Waals surface area (Å²) in [5, 5.41) is 12.2. The van der Waals surface area contributed by atoms with Gasteiger partial charge in [0.1, 0.15) is 11.6 Å². The zero-order chi connectivity index (χ0) is 15.2. The molecular weight excluding hydrogens is 254 g/mol. The minimum Gasteiger partial charge on any atom is -0.444 e. The normalized spacial score (nSPS) is 20.4. The molecule has 0 aromatic heterocycles. The topological polar surface area (TPSA) is 65.4 Å². The van der Waals surface area contributed by atoms with Crippen molar-refractivity contribution in [2.45, 2.75) is 71.1 Å². The third-order valence-corrected chi connectivity index (χ3v) is 3.38. The van der Waals surface area contributed by atoms with Gasteiger partial charge in [0, 0.05) is 0 Å². The number of carbonyl (C=O) groups is 1. The lowest BCUT2D eigenvalue weighted by atomic mass is 10.1. The summed E-state index contributed by atoms with van der Waals surface area (Å²) in [5.41, 5.74) is -0.519. The lowest BCUT2D eigenvalue weighted by Crippen LogP contribution is -2.50. The first-order chi connectivity index (χ1) is 9.33. The Morgan fingerprint density at radius 3 is 2.25 bits per heavy atom. The summed E-state index contributed by atoms with van der Waals surface area (Å²) in [6.07, 6.45) is 4.24. The van der Waals surface area contributed by atoms with E-state index >= 15 is 0 Å². The highest BCUT2D eigenvalue weighted by Gasteiger charge is 2.27. The summed E-state index contributed by atoms with van der Waals surface area (Å²) >= 11 is 0. The van der Waals surface area contributed by atoms with E-state index in [4.69, 9.17) is 4.74 Å². The van der Waals surface area contributed by atoms with Crippen LogP contribution >= 0.6 is 0 Å². The van der Waals surface area contributed by atoms with Gasteiger partial charge in [-0.05, 0) is 53.6 Å². The van der Waals surface area contributed by atoms with E-state index < -0.39 is 11.7 Å². The molecule has 1 amide bonds. The van der Waals surface area contributed by atoms with E-state index in [1.54, 1.807) is 0 Å². The maximum atomic E-state index is 11.8.